The average Bonchev–Trinajstić information content (AvgIpc) is 3.29. The molecule has 198 valence electrons. The fourth-order valence-electron chi connectivity index (χ4n) is 3.19. The van der Waals surface area contributed by atoms with Crippen LogP contribution in [0.25, 0.3) is 10.6 Å². The average molecular weight is 546 g/mol. The quantitative estimate of drug-likeness (QED) is 0.299. The van der Waals surface area contributed by atoms with Crippen LogP contribution >= 0.6 is 11.3 Å². The summed E-state index contributed by atoms with van der Waals surface area (Å²) in [5.74, 6) is -1.13. The highest BCUT2D eigenvalue weighted by atomic mass is 32.1. The van der Waals surface area contributed by atoms with Crippen LogP contribution in [0.4, 0.5) is 42.0 Å². The second-order valence-electron chi connectivity index (χ2n) is 8.02. The molecule has 0 aliphatic heterocycles. The molecule has 2 atom stereocenters. The van der Waals surface area contributed by atoms with Gasteiger partial charge < -0.3 is 10.6 Å². The van der Waals surface area contributed by atoms with Crippen LogP contribution in [0.1, 0.15) is 31.4 Å². The molecule has 1 aromatic heterocycles. The molecule has 7 nitrogen and oxygen atoms in total. The zero-order valence-electron chi connectivity index (χ0n) is 19.4. The molecule has 14 heteroatoms. The van der Waals surface area contributed by atoms with E-state index in [4.69, 9.17) is 0 Å². The number of nitrogens with one attached hydrogen (secondary N) is 3. The van der Waals surface area contributed by atoms with Crippen molar-refractivity contribution in [3.63, 3.8) is 0 Å². The van der Waals surface area contributed by atoms with Crippen molar-refractivity contribution in [3.8, 4) is 10.6 Å². The van der Waals surface area contributed by atoms with Gasteiger partial charge in [0.15, 0.2) is 0 Å². The number of benzene rings is 2. The van der Waals surface area contributed by atoms with Gasteiger partial charge in [-0.2, -0.15) is 26.3 Å². The number of carbonyl (C=O) groups excluding carboxylic acids is 2. The van der Waals surface area contributed by atoms with Gasteiger partial charge in [0.25, 0.3) is 0 Å². The summed E-state index contributed by atoms with van der Waals surface area (Å²) in [4.78, 5) is 25.4. The van der Waals surface area contributed by atoms with E-state index in [1.54, 1.807) is 38.1 Å². The summed E-state index contributed by atoms with van der Waals surface area (Å²) in [6.45, 7) is 3.39. The first-order valence-electron chi connectivity index (χ1n) is 10.8. The molecule has 3 amide bonds. The van der Waals surface area contributed by atoms with Crippen LogP contribution in [0.5, 0.6) is 0 Å². The molecule has 3 rings (SSSR count). The Bertz CT molecular complexity index is 1210. The zero-order chi connectivity index (χ0) is 27.4. The topological polar surface area (TPSA) is 96.0 Å². The van der Waals surface area contributed by atoms with Crippen LogP contribution < -0.4 is 16.0 Å². The SMILES string of the molecule is CC[C@H](C)[C@@H](NC(=O)Nc1cc(C(F)(F)F)cc(C(F)(F)F)c1)C(=O)Nc1nnc(-c2ccccc2)s1. The maximum atomic E-state index is 13.1. The van der Waals surface area contributed by atoms with E-state index in [0.29, 0.717) is 23.6 Å². The normalized spacial score (nSPS) is 13.5. The van der Waals surface area contributed by atoms with Crippen molar-refractivity contribution in [3.05, 3.63) is 59.7 Å². The lowest BCUT2D eigenvalue weighted by molar-refractivity contribution is -0.143. The van der Waals surface area contributed by atoms with Crippen molar-refractivity contribution in [2.24, 2.45) is 5.92 Å². The number of carbonyl (C=O) groups is 2. The van der Waals surface area contributed by atoms with Crippen molar-refractivity contribution >= 4 is 34.1 Å². The van der Waals surface area contributed by atoms with Gasteiger partial charge in [-0.15, -0.1) is 10.2 Å². The maximum Gasteiger partial charge on any atom is 0.416 e. The van der Waals surface area contributed by atoms with Crippen molar-refractivity contribution < 1.29 is 35.9 Å². The van der Waals surface area contributed by atoms with E-state index in [-0.39, 0.29) is 11.2 Å². The highest BCUT2D eigenvalue weighted by Gasteiger charge is 2.37. The third kappa shape index (κ3) is 7.41. The lowest BCUT2D eigenvalue weighted by Gasteiger charge is -2.23. The monoisotopic (exact) mass is 545 g/mol. The van der Waals surface area contributed by atoms with E-state index in [1.165, 1.54) is 0 Å². The molecular formula is C23H21F6N5O2S. The van der Waals surface area contributed by atoms with Crippen LogP contribution in [-0.2, 0) is 17.1 Å². The number of alkyl halides is 6. The number of hydrogen-bond donors (Lipinski definition) is 3. The Morgan fingerprint density at radius 2 is 1.51 bits per heavy atom. The van der Waals surface area contributed by atoms with Crippen molar-refractivity contribution in [2.75, 3.05) is 10.6 Å². The van der Waals surface area contributed by atoms with Crippen molar-refractivity contribution in [1.29, 1.82) is 0 Å². The lowest BCUT2D eigenvalue weighted by Crippen LogP contribution is -2.49. The van der Waals surface area contributed by atoms with Crippen LogP contribution in [0, 0.1) is 5.92 Å². The second kappa shape index (κ2) is 11.2. The van der Waals surface area contributed by atoms with E-state index in [1.807, 2.05) is 11.4 Å². The van der Waals surface area contributed by atoms with Crippen LogP contribution in [0.15, 0.2) is 48.5 Å². The first-order valence-corrected chi connectivity index (χ1v) is 11.7. The van der Waals surface area contributed by atoms with Gasteiger partial charge in [-0.25, -0.2) is 4.79 Å². The summed E-state index contributed by atoms with van der Waals surface area (Å²) in [5.41, 5.74) is -3.13. The number of anilines is 2. The smallest absolute Gasteiger partial charge is 0.326 e. The summed E-state index contributed by atoms with van der Waals surface area (Å²) in [5, 5.41) is 15.4. The van der Waals surface area contributed by atoms with Crippen LogP contribution in [0.2, 0.25) is 0 Å². The zero-order valence-corrected chi connectivity index (χ0v) is 20.2. The molecule has 0 unspecified atom stereocenters. The number of aromatic nitrogens is 2. The van der Waals surface area contributed by atoms with Gasteiger partial charge in [-0.05, 0) is 24.1 Å². The van der Waals surface area contributed by atoms with E-state index in [9.17, 15) is 35.9 Å². The summed E-state index contributed by atoms with van der Waals surface area (Å²) in [7, 11) is 0. The fraction of sp³-hybridized carbons (Fsp3) is 0.304. The lowest BCUT2D eigenvalue weighted by atomic mass is 9.98. The number of nitrogens with zero attached hydrogens (tertiary/aromatic N) is 2. The number of amides is 3. The predicted molar refractivity (Wildman–Crippen MR) is 126 cm³/mol. The molecule has 0 radical (unpaired) electrons. The summed E-state index contributed by atoms with van der Waals surface area (Å²) in [6.07, 6.45) is -9.73. The van der Waals surface area contributed by atoms with Gasteiger partial charge in [-0.1, -0.05) is 61.9 Å². The molecule has 3 N–H and O–H groups in total. The minimum Gasteiger partial charge on any atom is -0.326 e. The fourth-order valence-corrected chi connectivity index (χ4v) is 3.94. The molecule has 1 heterocycles. The van der Waals surface area contributed by atoms with Gasteiger partial charge in [0.1, 0.15) is 11.0 Å². The molecule has 0 bridgehead atoms. The largest absolute Gasteiger partial charge is 0.416 e. The Hall–Kier alpha value is -3.68. The standard InChI is InChI=1S/C23H21F6N5O2S/c1-3-12(2)17(18(35)32-21-34-33-19(37-21)13-7-5-4-6-8-13)31-20(36)30-16-10-14(22(24,25)26)9-15(11-16)23(27,28)29/h4-12,17H,3H2,1-2H3,(H2,30,31,36)(H,32,34,35)/t12-,17+/m0/s1. The molecule has 37 heavy (non-hydrogen) atoms. The van der Waals surface area contributed by atoms with Gasteiger partial charge in [0.05, 0.1) is 11.1 Å². The third-order valence-electron chi connectivity index (χ3n) is 5.30. The molecule has 0 saturated heterocycles. The van der Waals surface area contributed by atoms with Crippen molar-refractivity contribution in [2.45, 2.75) is 38.7 Å². The molecular weight excluding hydrogens is 524 g/mol. The Kier molecular flexibility index (Phi) is 8.41. The molecule has 0 aliphatic rings. The van der Waals surface area contributed by atoms with E-state index < -0.39 is 53.1 Å². The van der Waals surface area contributed by atoms with E-state index in [0.717, 1.165) is 16.9 Å². The van der Waals surface area contributed by atoms with Gasteiger partial charge in [0, 0.05) is 11.3 Å². The molecule has 3 aromatic rings. The molecule has 2 aromatic carbocycles. The van der Waals surface area contributed by atoms with E-state index in [2.05, 4.69) is 20.8 Å². The predicted octanol–water partition coefficient (Wildman–Crippen LogP) is 6.42. The second-order valence-corrected chi connectivity index (χ2v) is 9.00. The molecule has 0 saturated carbocycles. The summed E-state index contributed by atoms with van der Waals surface area (Å²) >= 11 is 1.08. The minimum atomic E-state index is -5.08. The van der Waals surface area contributed by atoms with E-state index >= 15 is 0 Å². The number of hydrogen-bond acceptors (Lipinski definition) is 5. The number of halogens is 6. The minimum absolute atomic E-state index is 0.0513. The molecule has 0 aliphatic carbocycles. The van der Waals surface area contributed by atoms with Gasteiger partial charge in [0.2, 0.25) is 11.0 Å². The van der Waals surface area contributed by atoms with Crippen LogP contribution in [0.3, 0.4) is 0 Å². The Morgan fingerprint density at radius 1 is 0.919 bits per heavy atom. The third-order valence-corrected chi connectivity index (χ3v) is 6.19. The summed E-state index contributed by atoms with van der Waals surface area (Å²) < 4.78 is 78.6. The maximum absolute atomic E-state index is 13.1. The Balaban J connectivity index is 1.76. The number of rotatable bonds is 7. The molecule has 0 spiro atoms. The van der Waals surface area contributed by atoms with Crippen LogP contribution in [-0.4, -0.2) is 28.2 Å². The van der Waals surface area contributed by atoms with Gasteiger partial charge in [-0.3, -0.25) is 10.1 Å². The highest BCUT2D eigenvalue weighted by Crippen LogP contribution is 2.37. The van der Waals surface area contributed by atoms with Gasteiger partial charge >= 0.3 is 18.4 Å². The Labute approximate surface area is 211 Å². The first kappa shape index (κ1) is 27.9. The van der Waals surface area contributed by atoms with Crippen molar-refractivity contribution in [1.82, 2.24) is 15.5 Å². The first-order chi connectivity index (χ1) is 17.3. The molecule has 0 fully saturated rings. The summed E-state index contributed by atoms with van der Waals surface area (Å²) in [6, 6.07) is 7.40. The highest BCUT2D eigenvalue weighted by molar-refractivity contribution is 7.18. The Morgan fingerprint density at radius 3 is 2.05 bits per heavy atom. The number of urea groups is 1.